The van der Waals surface area contributed by atoms with E-state index in [1.54, 1.807) is 11.8 Å². The van der Waals surface area contributed by atoms with Crippen LogP contribution in [0.2, 0.25) is 0 Å². The Balaban J connectivity index is 4.31. The molecule has 0 rings (SSSR count). The van der Waals surface area contributed by atoms with Gasteiger partial charge in [-0.3, -0.25) is 0 Å². The average molecular weight is 166 g/mol. The summed E-state index contributed by atoms with van der Waals surface area (Å²) in [4.78, 5) is 0. The first kappa shape index (κ1) is 10.5. The van der Waals surface area contributed by atoms with E-state index in [4.69, 9.17) is 12.8 Å². The van der Waals surface area contributed by atoms with E-state index >= 15 is 0 Å². The third kappa shape index (κ3) is 4.02. The molecule has 0 radical (unpaired) electrons. The van der Waals surface area contributed by atoms with Crippen LogP contribution in [0.3, 0.4) is 0 Å². The monoisotopic (exact) mass is 166 g/mol. The molecule has 0 fully saturated rings. The van der Waals surface area contributed by atoms with Crippen LogP contribution in [0.4, 0.5) is 0 Å². The van der Waals surface area contributed by atoms with Crippen LogP contribution in [0.25, 0.3) is 0 Å². The molecule has 1 heteroatoms. The number of rotatable bonds is 2. The van der Waals surface area contributed by atoms with Crippen LogP contribution in [0.15, 0.2) is 0 Å². The van der Waals surface area contributed by atoms with Gasteiger partial charge in [0.2, 0.25) is 0 Å². The Kier molecular flexibility index (Phi) is 3.09. The van der Waals surface area contributed by atoms with E-state index in [-0.39, 0.29) is 9.49 Å². The maximum atomic E-state index is 5.33. The molecule has 0 unspecified atom stereocenters. The van der Waals surface area contributed by atoms with E-state index in [9.17, 15) is 0 Å². The van der Waals surface area contributed by atoms with Crippen molar-refractivity contribution >= 4 is 11.8 Å². The normalized spacial score (nSPS) is 11.8. The van der Waals surface area contributed by atoms with Gasteiger partial charge >= 0.3 is 0 Å². The molecule has 0 nitrogen and oxygen atoms in total. The highest BCUT2D eigenvalue weighted by molar-refractivity contribution is 8.02. The Hall–Kier alpha value is -0.530. The van der Waals surface area contributed by atoms with Gasteiger partial charge in [0.15, 0.2) is 0 Å². The molecule has 0 saturated carbocycles. The van der Waals surface area contributed by atoms with Gasteiger partial charge in [-0.25, -0.2) is 0 Å². The quantitative estimate of drug-likeness (QED) is 0.568. The molecule has 11 heavy (non-hydrogen) atoms. The predicted octanol–water partition coefficient (Wildman–Crippen LogP) is 2.54. The van der Waals surface area contributed by atoms with Gasteiger partial charge in [-0.1, -0.05) is 11.8 Å². The lowest BCUT2D eigenvalue weighted by Gasteiger charge is -2.26. The van der Waals surface area contributed by atoms with Crippen LogP contribution in [0.5, 0.6) is 0 Å². The Morgan fingerprint density at radius 3 is 1.36 bits per heavy atom. The molecule has 0 saturated heterocycles. The number of hydrogen-bond acceptors (Lipinski definition) is 1. The van der Waals surface area contributed by atoms with Crippen molar-refractivity contribution < 1.29 is 0 Å². The van der Waals surface area contributed by atoms with Crippen molar-refractivity contribution in [3.63, 3.8) is 0 Å². The third-order valence-electron chi connectivity index (χ3n) is 1.21. The summed E-state index contributed by atoms with van der Waals surface area (Å²) >= 11 is 1.63. The van der Waals surface area contributed by atoms with Crippen molar-refractivity contribution in [2.24, 2.45) is 0 Å². The van der Waals surface area contributed by atoms with Gasteiger partial charge in [-0.05, 0) is 27.7 Å². The lowest BCUT2D eigenvalue weighted by molar-refractivity contribution is 0.869. The van der Waals surface area contributed by atoms with Crippen molar-refractivity contribution in [2.45, 2.75) is 37.2 Å². The third-order valence-corrected chi connectivity index (χ3v) is 2.46. The van der Waals surface area contributed by atoms with E-state index in [0.717, 1.165) is 0 Å². The van der Waals surface area contributed by atoms with Crippen LogP contribution in [-0.4, -0.2) is 9.49 Å². The van der Waals surface area contributed by atoms with E-state index in [1.807, 2.05) is 27.7 Å². The van der Waals surface area contributed by atoms with E-state index in [0.29, 0.717) is 0 Å². The Morgan fingerprint density at radius 1 is 0.909 bits per heavy atom. The number of hydrogen-bond donors (Lipinski definition) is 0. The molecule has 0 aromatic carbocycles. The molecule has 0 bridgehead atoms. The zero-order valence-corrected chi connectivity index (χ0v) is 8.38. The number of thioether (sulfide) groups is 1. The summed E-state index contributed by atoms with van der Waals surface area (Å²) in [5, 5.41) is 0. The Labute approximate surface area is 74.1 Å². The minimum atomic E-state index is -0.171. The van der Waals surface area contributed by atoms with Gasteiger partial charge in [0, 0.05) is 0 Å². The highest BCUT2D eigenvalue weighted by Crippen LogP contribution is 2.35. The van der Waals surface area contributed by atoms with Crippen molar-refractivity contribution in [3.8, 4) is 24.7 Å². The fourth-order valence-electron chi connectivity index (χ4n) is 0.697. The van der Waals surface area contributed by atoms with Crippen molar-refractivity contribution in [1.82, 2.24) is 0 Å². The van der Waals surface area contributed by atoms with Gasteiger partial charge in [0.05, 0.1) is 9.49 Å². The lowest BCUT2D eigenvalue weighted by atomic mass is 10.2. The molecule has 60 valence electrons. The Morgan fingerprint density at radius 2 is 1.18 bits per heavy atom. The fourth-order valence-corrected chi connectivity index (χ4v) is 2.09. The van der Waals surface area contributed by atoms with E-state index in [2.05, 4.69) is 11.8 Å². The minimum absolute atomic E-state index is 0.171. The molecule has 0 N–H and O–H groups in total. The molecule has 0 amide bonds. The minimum Gasteiger partial charge on any atom is -0.123 e. The summed E-state index contributed by atoms with van der Waals surface area (Å²) in [6, 6.07) is 0. The van der Waals surface area contributed by atoms with Crippen molar-refractivity contribution in [3.05, 3.63) is 0 Å². The second kappa shape index (κ2) is 3.24. The predicted molar refractivity (Wildman–Crippen MR) is 53.4 cm³/mol. The molecule has 0 aliphatic rings. The molecule has 0 spiro atoms. The summed E-state index contributed by atoms with van der Waals surface area (Å²) in [5.41, 5.74) is 0. The first-order chi connectivity index (χ1) is 4.83. The summed E-state index contributed by atoms with van der Waals surface area (Å²) in [5.74, 6) is 5.40. The van der Waals surface area contributed by atoms with Crippen LogP contribution >= 0.6 is 11.8 Å². The Bertz CT molecular complexity index is 186. The standard InChI is InChI=1S/C10H14S/c1-7-9(3,4)11-10(5,6)8-2/h1-2H,3-6H3. The van der Waals surface area contributed by atoms with Crippen molar-refractivity contribution in [2.75, 3.05) is 0 Å². The van der Waals surface area contributed by atoms with Crippen molar-refractivity contribution in [1.29, 1.82) is 0 Å². The highest BCUT2D eigenvalue weighted by Gasteiger charge is 2.25. The molecule has 0 aromatic rings. The van der Waals surface area contributed by atoms with Crippen LogP contribution in [0.1, 0.15) is 27.7 Å². The van der Waals surface area contributed by atoms with Gasteiger partial charge in [-0.15, -0.1) is 24.6 Å². The maximum absolute atomic E-state index is 5.33. The maximum Gasteiger partial charge on any atom is 0.0721 e. The SMILES string of the molecule is C#CC(C)(C)SC(C)(C)C#C. The molecule has 0 aromatic heterocycles. The highest BCUT2D eigenvalue weighted by atomic mass is 32.2. The van der Waals surface area contributed by atoms with Gasteiger partial charge in [0.1, 0.15) is 0 Å². The molecule has 0 atom stereocenters. The average Bonchev–Trinajstić information content (AvgIpc) is 1.86. The number of terminal acetylenes is 2. The van der Waals surface area contributed by atoms with Gasteiger partial charge < -0.3 is 0 Å². The zero-order chi connectivity index (χ0) is 9.12. The second-order valence-corrected chi connectivity index (χ2v) is 5.66. The van der Waals surface area contributed by atoms with E-state index < -0.39 is 0 Å². The molecular weight excluding hydrogens is 152 g/mol. The summed E-state index contributed by atoms with van der Waals surface area (Å²) in [7, 11) is 0. The van der Waals surface area contributed by atoms with Crippen LogP contribution < -0.4 is 0 Å². The fraction of sp³-hybridized carbons (Fsp3) is 0.600. The zero-order valence-electron chi connectivity index (χ0n) is 7.56. The lowest BCUT2D eigenvalue weighted by Crippen LogP contribution is -2.22. The molecular formula is C10H14S. The smallest absolute Gasteiger partial charge is 0.0721 e. The summed E-state index contributed by atoms with van der Waals surface area (Å²) in [6.45, 7) is 7.99. The summed E-state index contributed by atoms with van der Waals surface area (Å²) < 4.78 is -0.342. The largest absolute Gasteiger partial charge is 0.123 e. The van der Waals surface area contributed by atoms with E-state index in [1.165, 1.54) is 0 Å². The topological polar surface area (TPSA) is 0 Å². The second-order valence-electron chi connectivity index (χ2n) is 3.41. The molecule has 0 heterocycles. The summed E-state index contributed by atoms with van der Waals surface area (Å²) in [6.07, 6.45) is 10.7. The molecule has 0 aliphatic carbocycles. The van der Waals surface area contributed by atoms with Crippen LogP contribution in [-0.2, 0) is 0 Å². The first-order valence-corrected chi connectivity index (χ1v) is 4.30. The van der Waals surface area contributed by atoms with Crippen LogP contribution in [0, 0.1) is 24.7 Å². The van der Waals surface area contributed by atoms with Gasteiger partial charge in [-0.2, -0.15) is 0 Å². The first-order valence-electron chi connectivity index (χ1n) is 3.49. The van der Waals surface area contributed by atoms with Gasteiger partial charge in [0.25, 0.3) is 0 Å². The molecule has 0 aliphatic heterocycles.